The van der Waals surface area contributed by atoms with E-state index in [-0.39, 0.29) is 0 Å². The van der Waals surface area contributed by atoms with Gasteiger partial charge in [0.15, 0.2) is 5.82 Å². The molecule has 0 saturated carbocycles. The smallest absolute Gasteiger partial charge is 0.227 e. The van der Waals surface area contributed by atoms with Crippen LogP contribution in [0.1, 0.15) is 18.4 Å². The maximum atomic E-state index is 5.56. The molecule has 5 heteroatoms. The normalized spacial score (nSPS) is 14.9. The van der Waals surface area contributed by atoms with Gasteiger partial charge in [-0.25, -0.2) is 0 Å². The number of rotatable bonds is 6. The molecule has 1 aromatic heterocycles. The SMILES string of the molecule is COC1CCN(c2nnc(-c3cccc4ccccc34)n2CCc2ccccc2)CC1. The molecule has 0 radical (unpaired) electrons. The van der Waals surface area contributed by atoms with Crippen molar-refractivity contribution in [1.82, 2.24) is 14.8 Å². The number of hydrogen-bond acceptors (Lipinski definition) is 4. The molecule has 1 aliphatic heterocycles. The number of piperidine rings is 1. The number of nitrogens with zero attached hydrogens (tertiary/aromatic N) is 4. The van der Waals surface area contributed by atoms with Crippen molar-refractivity contribution in [2.45, 2.75) is 31.9 Å². The first kappa shape index (κ1) is 19.8. The summed E-state index contributed by atoms with van der Waals surface area (Å²) in [5.74, 6) is 1.91. The number of aromatic nitrogens is 3. The average Bonchev–Trinajstić information content (AvgIpc) is 3.26. The van der Waals surface area contributed by atoms with E-state index >= 15 is 0 Å². The first-order valence-corrected chi connectivity index (χ1v) is 11.1. The molecular weight excluding hydrogens is 384 g/mol. The lowest BCUT2D eigenvalue weighted by molar-refractivity contribution is 0.0815. The minimum atomic E-state index is 0.342. The molecule has 0 amide bonds. The molecular formula is C26H28N4O. The van der Waals surface area contributed by atoms with Gasteiger partial charge in [-0.3, -0.25) is 4.57 Å². The molecule has 31 heavy (non-hydrogen) atoms. The molecule has 2 heterocycles. The maximum absolute atomic E-state index is 5.56. The Labute approximate surface area is 183 Å². The van der Waals surface area contributed by atoms with E-state index < -0.39 is 0 Å². The lowest BCUT2D eigenvalue weighted by Gasteiger charge is -2.32. The largest absolute Gasteiger partial charge is 0.381 e. The van der Waals surface area contributed by atoms with E-state index in [4.69, 9.17) is 9.84 Å². The van der Waals surface area contributed by atoms with E-state index in [1.807, 2.05) is 0 Å². The van der Waals surface area contributed by atoms with E-state index in [1.165, 1.54) is 16.3 Å². The molecule has 5 rings (SSSR count). The van der Waals surface area contributed by atoms with E-state index in [0.717, 1.165) is 56.2 Å². The highest BCUT2D eigenvalue weighted by molar-refractivity contribution is 5.95. The Hall–Kier alpha value is -3.18. The number of methoxy groups -OCH3 is 1. The molecule has 1 fully saturated rings. The average molecular weight is 413 g/mol. The second kappa shape index (κ2) is 8.90. The molecule has 0 aliphatic carbocycles. The van der Waals surface area contributed by atoms with Crippen LogP contribution in [0.5, 0.6) is 0 Å². The van der Waals surface area contributed by atoms with Crippen molar-refractivity contribution in [3.63, 3.8) is 0 Å². The van der Waals surface area contributed by atoms with Crippen LogP contribution >= 0.6 is 0 Å². The molecule has 5 nitrogen and oxygen atoms in total. The van der Waals surface area contributed by atoms with Gasteiger partial charge in [0.1, 0.15) is 0 Å². The Bertz CT molecular complexity index is 1140. The highest BCUT2D eigenvalue weighted by atomic mass is 16.5. The highest BCUT2D eigenvalue weighted by Gasteiger charge is 2.25. The van der Waals surface area contributed by atoms with Crippen LogP contribution < -0.4 is 4.90 Å². The molecule has 158 valence electrons. The summed E-state index contributed by atoms with van der Waals surface area (Å²) in [5.41, 5.74) is 2.46. The summed E-state index contributed by atoms with van der Waals surface area (Å²) in [6.45, 7) is 2.73. The van der Waals surface area contributed by atoms with E-state index in [2.05, 4.69) is 87.4 Å². The fourth-order valence-corrected chi connectivity index (χ4v) is 4.53. The second-order valence-corrected chi connectivity index (χ2v) is 8.16. The molecule has 0 bridgehead atoms. The van der Waals surface area contributed by atoms with Gasteiger partial charge in [-0.15, -0.1) is 10.2 Å². The first-order valence-electron chi connectivity index (χ1n) is 11.1. The van der Waals surface area contributed by atoms with Gasteiger partial charge >= 0.3 is 0 Å². The highest BCUT2D eigenvalue weighted by Crippen LogP contribution is 2.31. The standard InChI is InChI=1S/C26H28N4O/c1-31-22-15-17-29(18-16-22)26-28-27-25(30(26)19-14-20-8-3-2-4-9-20)24-13-7-11-21-10-5-6-12-23(21)24/h2-13,22H,14-19H2,1H3. The lowest BCUT2D eigenvalue weighted by Crippen LogP contribution is -2.38. The molecule has 0 unspecified atom stereocenters. The van der Waals surface area contributed by atoms with Crippen LogP contribution in [0, 0.1) is 0 Å². The van der Waals surface area contributed by atoms with Crippen molar-refractivity contribution in [3.8, 4) is 11.4 Å². The zero-order chi connectivity index (χ0) is 21.0. The number of anilines is 1. The Balaban J connectivity index is 1.54. The van der Waals surface area contributed by atoms with Crippen LogP contribution in [0.25, 0.3) is 22.2 Å². The van der Waals surface area contributed by atoms with E-state index in [9.17, 15) is 0 Å². The van der Waals surface area contributed by atoms with Gasteiger partial charge in [0.05, 0.1) is 6.10 Å². The van der Waals surface area contributed by atoms with Gasteiger partial charge in [0.25, 0.3) is 0 Å². The number of ether oxygens (including phenoxy) is 1. The third kappa shape index (κ3) is 4.06. The van der Waals surface area contributed by atoms with Crippen molar-refractivity contribution in [1.29, 1.82) is 0 Å². The second-order valence-electron chi connectivity index (χ2n) is 8.16. The predicted octanol–water partition coefficient (Wildman–Crippen LogP) is 4.96. The summed E-state index contributed by atoms with van der Waals surface area (Å²) in [5, 5.41) is 11.8. The van der Waals surface area contributed by atoms with Crippen LogP contribution in [-0.4, -0.2) is 41.1 Å². The first-order chi connectivity index (χ1) is 15.3. The zero-order valence-corrected chi connectivity index (χ0v) is 17.9. The van der Waals surface area contributed by atoms with Crippen molar-refractivity contribution in [2.24, 2.45) is 0 Å². The van der Waals surface area contributed by atoms with Crippen molar-refractivity contribution >= 4 is 16.7 Å². The molecule has 0 spiro atoms. The molecule has 4 aromatic rings. The summed E-state index contributed by atoms with van der Waals surface area (Å²) in [6, 6.07) is 25.6. The van der Waals surface area contributed by atoms with Gasteiger partial charge in [-0.2, -0.15) is 0 Å². The van der Waals surface area contributed by atoms with Gasteiger partial charge < -0.3 is 9.64 Å². The Morgan fingerprint density at radius 3 is 2.42 bits per heavy atom. The topological polar surface area (TPSA) is 43.2 Å². The summed E-state index contributed by atoms with van der Waals surface area (Å²) in [7, 11) is 1.81. The Kier molecular flexibility index (Phi) is 5.67. The molecule has 1 saturated heterocycles. The van der Waals surface area contributed by atoms with Crippen LogP contribution in [0.15, 0.2) is 72.8 Å². The number of aryl methyl sites for hydroxylation is 1. The van der Waals surface area contributed by atoms with Gasteiger partial charge in [-0.1, -0.05) is 72.8 Å². The predicted molar refractivity (Wildman–Crippen MR) is 125 cm³/mol. The molecule has 0 atom stereocenters. The minimum absolute atomic E-state index is 0.342. The lowest BCUT2D eigenvalue weighted by atomic mass is 10.0. The Morgan fingerprint density at radius 1 is 0.871 bits per heavy atom. The van der Waals surface area contributed by atoms with Crippen LogP contribution in [0.4, 0.5) is 5.95 Å². The molecule has 3 aromatic carbocycles. The van der Waals surface area contributed by atoms with Gasteiger partial charge in [-0.05, 0) is 35.6 Å². The third-order valence-electron chi connectivity index (χ3n) is 6.29. The van der Waals surface area contributed by atoms with Crippen LogP contribution in [0.2, 0.25) is 0 Å². The monoisotopic (exact) mass is 412 g/mol. The summed E-state index contributed by atoms with van der Waals surface area (Å²) < 4.78 is 7.87. The van der Waals surface area contributed by atoms with E-state index in [0.29, 0.717) is 6.10 Å². The van der Waals surface area contributed by atoms with Gasteiger partial charge in [0, 0.05) is 32.3 Å². The zero-order valence-electron chi connectivity index (χ0n) is 17.9. The van der Waals surface area contributed by atoms with Crippen molar-refractivity contribution in [2.75, 3.05) is 25.1 Å². The fraction of sp³-hybridized carbons (Fsp3) is 0.308. The fourth-order valence-electron chi connectivity index (χ4n) is 4.53. The summed E-state index contributed by atoms with van der Waals surface area (Å²) >= 11 is 0. The molecule has 0 N–H and O–H groups in total. The quantitative estimate of drug-likeness (QED) is 0.449. The number of hydrogen-bond donors (Lipinski definition) is 0. The molecule has 1 aliphatic rings. The minimum Gasteiger partial charge on any atom is -0.381 e. The maximum Gasteiger partial charge on any atom is 0.227 e. The number of benzene rings is 3. The number of fused-ring (bicyclic) bond motifs is 1. The van der Waals surface area contributed by atoms with Crippen molar-refractivity contribution < 1.29 is 4.74 Å². The van der Waals surface area contributed by atoms with Crippen molar-refractivity contribution in [3.05, 3.63) is 78.4 Å². The van der Waals surface area contributed by atoms with Crippen LogP contribution in [0.3, 0.4) is 0 Å². The van der Waals surface area contributed by atoms with Gasteiger partial charge in [0.2, 0.25) is 5.95 Å². The summed E-state index contributed by atoms with van der Waals surface area (Å²) in [4.78, 5) is 2.36. The Morgan fingerprint density at radius 2 is 1.61 bits per heavy atom. The van der Waals surface area contributed by atoms with Crippen LogP contribution in [-0.2, 0) is 17.7 Å². The van der Waals surface area contributed by atoms with E-state index in [1.54, 1.807) is 7.11 Å². The third-order valence-corrected chi connectivity index (χ3v) is 6.29. The summed E-state index contributed by atoms with van der Waals surface area (Å²) in [6.07, 6.45) is 3.32.